The van der Waals surface area contributed by atoms with E-state index in [4.69, 9.17) is 10.5 Å². The Kier molecular flexibility index (Phi) is 2.14. The molecule has 1 heterocycles. The number of nitrogens with zero attached hydrogens (tertiary/aromatic N) is 5. The van der Waals surface area contributed by atoms with E-state index in [1.54, 1.807) is 22.8 Å². The van der Waals surface area contributed by atoms with Crippen molar-refractivity contribution in [3.05, 3.63) is 42.0 Å². The van der Waals surface area contributed by atoms with Gasteiger partial charge in [0.25, 0.3) is 0 Å². The molecule has 0 unspecified atom stereocenters. The molecule has 1 aromatic heterocycles. The molecule has 0 spiro atoms. The van der Waals surface area contributed by atoms with E-state index in [9.17, 15) is 0 Å². The fourth-order valence-corrected chi connectivity index (χ4v) is 1.22. The van der Waals surface area contributed by atoms with Crippen LogP contribution >= 0.6 is 0 Å². The summed E-state index contributed by atoms with van der Waals surface area (Å²) in [5.41, 5.74) is 1.48. The van der Waals surface area contributed by atoms with Crippen LogP contribution in [0.5, 0.6) is 0 Å². The van der Waals surface area contributed by atoms with E-state index in [1.807, 2.05) is 12.1 Å². The highest BCUT2D eigenvalue weighted by Gasteiger charge is 2.03. The van der Waals surface area contributed by atoms with Crippen LogP contribution < -0.4 is 0 Å². The monoisotopic (exact) mass is 195 g/mol. The molecule has 0 atom stereocenters. The van der Waals surface area contributed by atoms with Gasteiger partial charge in [0.1, 0.15) is 24.8 Å². The largest absolute Gasteiger partial charge is 0.288 e. The van der Waals surface area contributed by atoms with E-state index in [2.05, 4.69) is 10.2 Å². The molecule has 0 aliphatic carbocycles. The summed E-state index contributed by atoms with van der Waals surface area (Å²) in [5.74, 6) is 0. The van der Waals surface area contributed by atoms with Gasteiger partial charge in [-0.1, -0.05) is 0 Å². The highest BCUT2D eigenvalue weighted by atomic mass is 15.2. The topological polar surface area (TPSA) is 78.3 Å². The molecule has 15 heavy (non-hydrogen) atoms. The highest BCUT2D eigenvalue weighted by Crippen LogP contribution is 2.13. The van der Waals surface area contributed by atoms with Gasteiger partial charge in [0.05, 0.1) is 11.1 Å². The van der Waals surface area contributed by atoms with Crippen molar-refractivity contribution in [3.63, 3.8) is 0 Å². The van der Waals surface area contributed by atoms with Crippen LogP contribution in [0.4, 0.5) is 0 Å². The van der Waals surface area contributed by atoms with Gasteiger partial charge in [0.15, 0.2) is 0 Å². The maximum Gasteiger partial charge on any atom is 0.123 e. The summed E-state index contributed by atoms with van der Waals surface area (Å²) in [4.78, 5) is 0. The molecule has 0 radical (unpaired) electrons. The first kappa shape index (κ1) is 8.92. The van der Waals surface area contributed by atoms with Gasteiger partial charge >= 0.3 is 0 Å². The quantitative estimate of drug-likeness (QED) is 0.680. The van der Waals surface area contributed by atoms with Crippen LogP contribution in [0.15, 0.2) is 30.9 Å². The van der Waals surface area contributed by atoms with Crippen molar-refractivity contribution < 1.29 is 0 Å². The second kappa shape index (κ2) is 3.60. The van der Waals surface area contributed by atoms with Crippen molar-refractivity contribution in [2.75, 3.05) is 0 Å². The lowest BCUT2D eigenvalue weighted by atomic mass is 10.1. The Morgan fingerprint density at radius 2 is 1.67 bits per heavy atom. The number of hydrogen-bond acceptors (Lipinski definition) is 4. The average Bonchev–Trinajstić information content (AvgIpc) is 2.81. The summed E-state index contributed by atoms with van der Waals surface area (Å²) in [7, 11) is 0. The lowest BCUT2D eigenvalue weighted by Gasteiger charge is -2.01. The number of nitriles is 2. The molecule has 2 rings (SSSR count). The normalized spacial score (nSPS) is 9.20. The number of hydrogen-bond donors (Lipinski definition) is 0. The Bertz CT molecular complexity index is 556. The summed E-state index contributed by atoms with van der Waals surface area (Å²) in [6.07, 6.45) is 3.06. The Hall–Kier alpha value is -2.66. The van der Waals surface area contributed by atoms with E-state index in [1.165, 1.54) is 12.7 Å². The fraction of sp³-hybridized carbons (Fsp3) is 0. The molecule has 5 nitrogen and oxygen atoms in total. The number of aromatic nitrogens is 3. The van der Waals surface area contributed by atoms with Gasteiger partial charge in [-0.2, -0.15) is 10.5 Å². The zero-order valence-corrected chi connectivity index (χ0v) is 7.62. The minimum absolute atomic E-state index is 0.351. The third-order valence-electron chi connectivity index (χ3n) is 1.96. The minimum atomic E-state index is 0.351. The van der Waals surface area contributed by atoms with Gasteiger partial charge in [0, 0.05) is 5.69 Å². The van der Waals surface area contributed by atoms with E-state index >= 15 is 0 Å². The first-order valence-corrected chi connectivity index (χ1v) is 4.14. The molecule has 0 saturated carbocycles. The van der Waals surface area contributed by atoms with Crippen molar-refractivity contribution in [2.24, 2.45) is 0 Å². The van der Waals surface area contributed by atoms with Gasteiger partial charge in [-0.3, -0.25) is 4.57 Å². The van der Waals surface area contributed by atoms with Gasteiger partial charge < -0.3 is 0 Å². The highest BCUT2D eigenvalue weighted by molar-refractivity contribution is 5.51. The first-order valence-electron chi connectivity index (χ1n) is 4.14. The molecule has 5 heteroatoms. The van der Waals surface area contributed by atoms with Crippen molar-refractivity contribution in [2.45, 2.75) is 0 Å². The summed E-state index contributed by atoms with van der Waals surface area (Å²) < 4.78 is 1.67. The van der Waals surface area contributed by atoms with Crippen LogP contribution in [0.2, 0.25) is 0 Å². The third kappa shape index (κ3) is 1.54. The maximum absolute atomic E-state index is 8.83. The summed E-state index contributed by atoms with van der Waals surface area (Å²) in [6.45, 7) is 0. The molecule has 0 aliphatic heterocycles. The molecule has 70 valence electrons. The Labute approximate surface area is 85.8 Å². The molecule has 0 fully saturated rings. The van der Waals surface area contributed by atoms with E-state index < -0.39 is 0 Å². The molecule has 0 amide bonds. The molecule has 0 saturated heterocycles. The van der Waals surface area contributed by atoms with Gasteiger partial charge in [-0.15, -0.1) is 10.2 Å². The number of benzene rings is 1. The molecular formula is C10H5N5. The lowest BCUT2D eigenvalue weighted by molar-refractivity contribution is 1.05. The molecule has 0 aliphatic rings. The predicted molar refractivity (Wildman–Crippen MR) is 50.8 cm³/mol. The minimum Gasteiger partial charge on any atom is -0.288 e. The smallest absolute Gasteiger partial charge is 0.123 e. The summed E-state index contributed by atoms with van der Waals surface area (Å²) in [6, 6.07) is 8.90. The zero-order chi connectivity index (χ0) is 10.7. The maximum atomic E-state index is 8.83. The van der Waals surface area contributed by atoms with Crippen molar-refractivity contribution >= 4 is 0 Å². The number of rotatable bonds is 1. The van der Waals surface area contributed by atoms with E-state index in [0.717, 1.165) is 5.69 Å². The first-order chi connectivity index (χ1) is 7.35. The van der Waals surface area contributed by atoms with Crippen LogP contribution in [-0.2, 0) is 0 Å². The Balaban J connectivity index is 2.56. The van der Waals surface area contributed by atoms with Gasteiger partial charge in [-0.05, 0) is 18.2 Å². The second-order valence-electron chi connectivity index (χ2n) is 2.82. The SMILES string of the molecule is N#Cc1ccc(-n2cnnc2)cc1C#N. The van der Waals surface area contributed by atoms with E-state index in [-0.39, 0.29) is 0 Å². The van der Waals surface area contributed by atoms with Gasteiger partial charge in [0.2, 0.25) is 0 Å². The summed E-state index contributed by atoms with van der Waals surface area (Å²) in [5, 5.41) is 24.9. The third-order valence-corrected chi connectivity index (χ3v) is 1.96. The molecule has 0 N–H and O–H groups in total. The lowest BCUT2D eigenvalue weighted by Crippen LogP contribution is -1.92. The van der Waals surface area contributed by atoms with Crippen LogP contribution in [0.3, 0.4) is 0 Å². The standard InChI is InChI=1S/C10H5N5/c11-4-8-1-2-10(3-9(8)5-12)15-6-13-14-7-15/h1-3,6-7H. The molecule has 2 aromatic rings. The van der Waals surface area contributed by atoms with Crippen LogP contribution in [0.1, 0.15) is 11.1 Å². The van der Waals surface area contributed by atoms with Crippen LogP contribution in [-0.4, -0.2) is 14.8 Å². The Morgan fingerprint density at radius 1 is 1.00 bits per heavy atom. The van der Waals surface area contributed by atoms with Crippen LogP contribution in [0.25, 0.3) is 5.69 Å². The zero-order valence-electron chi connectivity index (χ0n) is 7.62. The molecular weight excluding hydrogens is 190 g/mol. The second-order valence-corrected chi connectivity index (χ2v) is 2.82. The Morgan fingerprint density at radius 3 is 2.27 bits per heavy atom. The van der Waals surface area contributed by atoms with Crippen molar-refractivity contribution in [3.8, 4) is 17.8 Å². The fourth-order valence-electron chi connectivity index (χ4n) is 1.22. The molecule has 1 aromatic carbocycles. The predicted octanol–water partition coefficient (Wildman–Crippen LogP) is 1.01. The van der Waals surface area contributed by atoms with Crippen molar-refractivity contribution in [1.82, 2.24) is 14.8 Å². The summed E-state index contributed by atoms with van der Waals surface area (Å²) >= 11 is 0. The van der Waals surface area contributed by atoms with Gasteiger partial charge in [-0.25, -0.2) is 0 Å². The van der Waals surface area contributed by atoms with Crippen LogP contribution in [0, 0.1) is 22.7 Å². The van der Waals surface area contributed by atoms with E-state index in [0.29, 0.717) is 11.1 Å². The molecule has 0 bridgehead atoms. The average molecular weight is 195 g/mol. The van der Waals surface area contributed by atoms with Crippen molar-refractivity contribution in [1.29, 1.82) is 10.5 Å².